The van der Waals surface area contributed by atoms with Crippen molar-refractivity contribution in [2.24, 2.45) is 0 Å². The number of hydrogen-bond donors (Lipinski definition) is 0. The van der Waals surface area contributed by atoms with E-state index in [4.69, 9.17) is 14.2 Å². The Hall–Kier alpha value is -2.52. The number of fused-ring (bicyclic) bond motifs is 2. The number of rotatable bonds is 4. The third-order valence-corrected chi connectivity index (χ3v) is 6.09. The Balaban J connectivity index is 1.52. The minimum atomic E-state index is -0.235. The zero-order valence-corrected chi connectivity index (χ0v) is 16.4. The van der Waals surface area contributed by atoms with Gasteiger partial charge < -0.3 is 14.2 Å². The van der Waals surface area contributed by atoms with Gasteiger partial charge in [0.15, 0.2) is 0 Å². The van der Waals surface area contributed by atoms with Gasteiger partial charge in [-0.15, -0.1) is 0 Å². The van der Waals surface area contributed by atoms with Crippen LogP contribution >= 0.6 is 15.9 Å². The molecule has 1 heterocycles. The molecule has 0 saturated heterocycles. The molecule has 2 aliphatic rings. The van der Waals surface area contributed by atoms with E-state index in [-0.39, 0.29) is 18.0 Å². The summed E-state index contributed by atoms with van der Waals surface area (Å²) in [4.78, 5) is 11.5. The van der Waals surface area contributed by atoms with Crippen molar-refractivity contribution in [2.45, 2.75) is 31.3 Å². The van der Waals surface area contributed by atoms with E-state index >= 15 is 0 Å². The third-order valence-electron chi connectivity index (χ3n) is 5.19. The van der Waals surface area contributed by atoms with Gasteiger partial charge in [-0.05, 0) is 52.0 Å². The maximum absolute atomic E-state index is 11.5. The van der Waals surface area contributed by atoms with Crippen molar-refractivity contribution in [1.29, 1.82) is 5.26 Å². The van der Waals surface area contributed by atoms with Gasteiger partial charge in [0.25, 0.3) is 0 Å². The number of carbonyl (C=O) groups excluding carboxylic acids is 1. The van der Waals surface area contributed by atoms with E-state index < -0.39 is 0 Å². The van der Waals surface area contributed by atoms with E-state index in [9.17, 15) is 10.1 Å². The second-order valence-corrected chi connectivity index (χ2v) is 7.53. The number of nitriles is 1. The van der Waals surface area contributed by atoms with Gasteiger partial charge in [-0.2, -0.15) is 5.26 Å². The van der Waals surface area contributed by atoms with Crippen LogP contribution < -0.4 is 9.47 Å². The van der Waals surface area contributed by atoms with Crippen molar-refractivity contribution >= 4 is 21.9 Å². The Labute approximate surface area is 166 Å². The van der Waals surface area contributed by atoms with Crippen molar-refractivity contribution in [2.75, 3.05) is 13.7 Å². The molecule has 0 radical (unpaired) electrons. The van der Waals surface area contributed by atoms with E-state index in [0.717, 1.165) is 45.5 Å². The van der Waals surface area contributed by atoms with E-state index in [1.807, 2.05) is 30.3 Å². The van der Waals surface area contributed by atoms with Gasteiger partial charge in [0.2, 0.25) is 0 Å². The summed E-state index contributed by atoms with van der Waals surface area (Å²) in [7, 11) is 1.40. The van der Waals surface area contributed by atoms with E-state index in [1.54, 1.807) is 0 Å². The number of halogens is 1. The molecular formula is C21H18BrNO4. The van der Waals surface area contributed by atoms with Crippen LogP contribution in [0.2, 0.25) is 0 Å². The Morgan fingerprint density at radius 2 is 2.15 bits per heavy atom. The van der Waals surface area contributed by atoms with Crippen LogP contribution in [0.1, 0.15) is 47.1 Å². The molecule has 2 aromatic carbocycles. The van der Waals surface area contributed by atoms with Crippen molar-refractivity contribution in [3.05, 3.63) is 57.1 Å². The van der Waals surface area contributed by atoms with Crippen molar-refractivity contribution in [3.8, 4) is 17.6 Å². The Bertz CT molecular complexity index is 950. The highest BCUT2D eigenvalue weighted by molar-refractivity contribution is 9.10. The highest BCUT2D eigenvalue weighted by Gasteiger charge is 2.29. The molecular weight excluding hydrogens is 410 g/mol. The van der Waals surface area contributed by atoms with Gasteiger partial charge in [-0.3, -0.25) is 4.79 Å². The summed E-state index contributed by atoms with van der Waals surface area (Å²) in [6.07, 6.45) is 2.01. The summed E-state index contributed by atoms with van der Waals surface area (Å²) in [6, 6.07) is 11.8. The van der Waals surface area contributed by atoms with Gasteiger partial charge in [0.05, 0.1) is 25.7 Å². The first-order valence-corrected chi connectivity index (χ1v) is 9.61. The summed E-state index contributed by atoms with van der Waals surface area (Å²) in [6.45, 7) is 0.476. The number of ether oxygens (including phenoxy) is 3. The fourth-order valence-electron chi connectivity index (χ4n) is 3.78. The summed E-state index contributed by atoms with van der Waals surface area (Å²) >= 11 is 3.54. The van der Waals surface area contributed by atoms with Crippen LogP contribution in [0.5, 0.6) is 11.5 Å². The molecule has 0 aromatic heterocycles. The van der Waals surface area contributed by atoms with Gasteiger partial charge in [0, 0.05) is 22.0 Å². The minimum absolute atomic E-state index is 0.0223. The zero-order valence-electron chi connectivity index (χ0n) is 14.8. The largest absolute Gasteiger partial charge is 0.492 e. The lowest BCUT2D eigenvalue weighted by Gasteiger charge is -2.16. The lowest BCUT2D eigenvalue weighted by molar-refractivity contribution is -0.141. The van der Waals surface area contributed by atoms with E-state index in [2.05, 4.69) is 22.0 Å². The highest BCUT2D eigenvalue weighted by Crippen LogP contribution is 2.42. The van der Waals surface area contributed by atoms with Crippen LogP contribution in [0.25, 0.3) is 0 Å². The molecule has 27 heavy (non-hydrogen) atoms. The van der Waals surface area contributed by atoms with Gasteiger partial charge in [-0.25, -0.2) is 0 Å². The molecule has 2 aromatic rings. The SMILES string of the molecule is COC(=O)C[C@@H]1COc2cc(O[C@@H]3CCc4c3ccc(C#N)c4Br)ccc21. The molecule has 5 nitrogen and oxygen atoms in total. The van der Waals surface area contributed by atoms with Crippen LogP contribution in [-0.4, -0.2) is 19.7 Å². The van der Waals surface area contributed by atoms with Gasteiger partial charge >= 0.3 is 5.97 Å². The third kappa shape index (κ3) is 3.28. The molecule has 1 aliphatic carbocycles. The summed E-state index contributed by atoms with van der Waals surface area (Å²) in [5.41, 5.74) is 3.93. The van der Waals surface area contributed by atoms with Crippen LogP contribution in [0.3, 0.4) is 0 Å². The smallest absolute Gasteiger partial charge is 0.306 e. The maximum atomic E-state index is 11.5. The lowest BCUT2D eigenvalue weighted by atomic mass is 9.98. The predicted octanol–water partition coefficient (Wildman–Crippen LogP) is 4.43. The van der Waals surface area contributed by atoms with Crippen LogP contribution in [0.4, 0.5) is 0 Å². The highest BCUT2D eigenvalue weighted by atomic mass is 79.9. The second kappa shape index (κ2) is 7.24. The van der Waals surface area contributed by atoms with Crippen molar-refractivity contribution in [3.63, 3.8) is 0 Å². The molecule has 2 atom stereocenters. The number of methoxy groups -OCH3 is 1. The standard InChI is InChI=1S/C21H18BrNO4/c1-25-20(24)8-13-11-26-19-9-14(3-5-15(13)19)27-18-7-6-17-16(18)4-2-12(10-23)21(17)22/h2-5,9,13,18H,6-8,11H2,1H3/t13-,18-/m1/s1. The molecule has 0 N–H and O–H groups in total. The molecule has 1 aliphatic heterocycles. The Kier molecular flexibility index (Phi) is 4.79. The summed E-state index contributed by atoms with van der Waals surface area (Å²) in [5, 5.41) is 9.18. The first kappa shape index (κ1) is 17.9. The average molecular weight is 428 g/mol. The molecule has 0 spiro atoms. The normalized spacial score (nSPS) is 19.6. The fraction of sp³-hybridized carbons (Fsp3) is 0.333. The molecule has 6 heteroatoms. The quantitative estimate of drug-likeness (QED) is 0.675. The van der Waals surface area contributed by atoms with E-state index in [1.165, 1.54) is 7.11 Å². The average Bonchev–Trinajstić information content (AvgIpc) is 3.27. The van der Waals surface area contributed by atoms with Crippen LogP contribution in [0.15, 0.2) is 34.8 Å². The zero-order chi connectivity index (χ0) is 19.0. The number of hydrogen-bond acceptors (Lipinski definition) is 5. The molecule has 4 rings (SSSR count). The number of nitrogens with zero attached hydrogens (tertiary/aromatic N) is 1. The first-order chi connectivity index (χ1) is 13.1. The first-order valence-electron chi connectivity index (χ1n) is 8.82. The van der Waals surface area contributed by atoms with Crippen molar-refractivity contribution < 1.29 is 19.0 Å². The van der Waals surface area contributed by atoms with E-state index in [0.29, 0.717) is 18.6 Å². The Morgan fingerprint density at radius 3 is 2.93 bits per heavy atom. The number of esters is 1. The van der Waals surface area contributed by atoms with Gasteiger partial charge in [0.1, 0.15) is 23.7 Å². The maximum Gasteiger partial charge on any atom is 0.306 e. The molecule has 138 valence electrons. The predicted molar refractivity (Wildman–Crippen MR) is 102 cm³/mol. The fourth-order valence-corrected chi connectivity index (χ4v) is 4.43. The monoisotopic (exact) mass is 427 g/mol. The summed E-state index contributed by atoms with van der Waals surface area (Å²) < 4.78 is 17.6. The molecule has 0 fully saturated rings. The molecule has 0 amide bonds. The molecule has 0 bridgehead atoms. The Morgan fingerprint density at radius 1 is 1.33 bits per heavy atom. The van der Waals surface area contributed by atoms with Crippen molar-refractivity contribution in [1.82, 2.24) is 0 Å². The molecule has 0 saturated carbocycles. The number of carbonyl (C=O) groups is 1. The molecule has 0 unspecified atom stereocenters. The lowest BCUT2D eigenvalue weighted by Crippen LogP contribution is -2.09. The minimum Gasteiger partial charge on any atom is -0.492 e. The van der Waals surface area contributed by atoms with Gasteiger partial charge in [-0.1, -0.05) is 12.1 Å². The number of benzene rings is 2. The van der Waals surface area contributed by atoms with Crippen LogP contribution in [-0.2, 0) is 16.0 Å². The summed E-state index contributed by atoms with van der Waals surface area (Å²) in [5.74, 6) is 1.29. The van der Waals surface area contributed by atoms with Crippen LogP contribution in [0, 0.1) is 11.3 Å². The topological polar surface area (TPSA) is 68.6 Å². The second-order valence-electron chi connectivity index (χ2n) is 6.74.